The minimum Gasteiger partial charge on any atom is -0.548 e. The van der Waals surface area contributed by atoms with E-state index < -0.39 is 65.0 Å². The molecule has 3 amide bonds. The van der Waals surface area contributed by atoms with Crippen molar-refractivity contribution in [1.29, 1.82) is 5.41 Å². The zero-order valence-corrected chi connectivity index (χ0v) is 26.7. The average molecular weight is 593 g/mol. The number of nitrogens with one attached hydrogen (secondary N) is 4. The molecule has 0 aliphatic carbocycles. The molecular formula is C25H41N6NaO9. The van der Waals surface area contributed by atoms with E-state index in [-0.39, 0.29) is 81.2 Å². The van der Waals surface area contributed by atoms with Gasteiger partial charge >= 0.3 is 35.5 Å². The van der Waals surface area contributed by atoms with Gasteiger partial charge in [0.1, 0.15) is 23.5 Å². The molecule has 0 saturated carbocycles. The maximum absolute atomic E-state index is 12.8. The van der Waals surface area contributed by atoms with Crippen LogP contribution in [0.1, 0.15) is 59.3 Å². The van der Waals surface area contributed by atoms with Crippen LogP contribution in [0.5, 0.6) is 0 Å². The van der Waals surface area contributed by atoms with Gasteiger partial charge in [-0.1, -0.05) is 0 Å². The van der Waals surface area contributed by atoms with Gasteiger partial charge in [0, 0.05) is 19.3 Å². The molecule has 0 aliphatic heterocycles. The van der Waals surface area contributed by atoms with Gasteiger partial charge < -0.3 is 46.6 Å². The van der Waals surface area contributed by atoms with Crippen molar-refractivity contribution in [2.24, 2.45) is 5.73 Å². The third-order valence-corrected chi connectivity index (χ3v) is 5.18. The minimum absolute atomic E-state index is 0. The van der Waals surface area contributed by atoms with Crippen LogP contribution in [0.25, 0.3) is 0 Å². The largest absolute Gasteiger partial charge is 1.00 e. The predicted octanol–water partition coefficient (Wildman–Crippen LogP) is -5.81. The van der Waals surface area contributed by atoms with Gasteiger partial charge in [0.2, 0.25) is 17.7 Å². The summed E-state index contributed by atoms with van der Waals surface area (Å²) < 4.78 is 5.34. The summed E-state index contributed by atoms with van der Waals surface area (Å²) in [6, 6.07) is -4.12. The first-order valence-electron chi connectivity index (χ1n) is 12.7. The minimum atomic E-state index is -1.68. The van der Waals surface area contributed by atoms with Gasteiger partial charge in [0.05, 0.1) is 31.3 Å². The van der Waals surface area contributed by atoms with Crippen LogP contribution in [0.15, 0.2) is 0 Å². The summed E-state index contributed by atoms with van der Waals surface area (Å²) in [4.78, 5) is 86.6. The van der Waals surface area contributed by atoms with Gasteiger partial charge in [-0.05, 0) is 54.1 Å². The molecule has 0 aromatic rings. The fraction of sp³-hybridized carbons (Fsp3) is 0.680. The number of nitrogens with two attached hydrogens (primary N) is 1. The number of rotatable bonds is 19. The summed E-state index contributed by atoms with van der Waals surface area (Å²) in [5.41, 5.74) is 4.45. The van der Waals surface area contributed by atoms with E-state index in [0.29, 0.717) is 6.21 Å². The molecule has 16 heteroatoms. The molecule has 0 saturated heterocycles. The van der Waals surface area contributed by atoms with Crippen LogP contribution in [0.2, 0.25) is 0 Å². The first-order valence-corrected chi connectivity index (χ1v) is 12.7. The summed E-state index contributed by atoms with van der Waals surface area (Å²) in [5.74, 6) is -5.65. The van der Waals surface area contributed by atoms with Crippen molar-refractivity contribution in [3.63, 3.8) is 0 Å². The Balaban J connectivity index is 0. The molecule has 0 bridgehead atoms. The fourth-order valence-corrected chi connectivity index (χ4v) is 3.25. The van der Waals surface area contributed by atoms with Crippen molar-refractivity contribution >= 4 is 47.4 Å². The van der Waals surface area contributed by atoms with Crippen LogP contribution < -0.4 is 56.3 Å². The molecule has 0 aliphatic rings. The maximum Gasteiger partial charge on any atom is 1.00 e. The summed E-state index contributed by atoms with van der Waals surface area (Å²) in [6.45, 7) is 4.60. The topological polar surface area (TPSA) is 241 Å². The number of ether oxygens (including phenoxy) is 1. The Morgan fingerprint density at radius 1 is 0.878 bits per heavy atom. The van der Waals surface area contributed by atoms with Gasteiger partial charge in [-0.2, -0.15) is 0 Å². The number of carbonyl (C=O) groups is 7. The van der Waals surface area contributed by atoms with Crippen molar-refractivity contribution in [1.82, 2.24) is 20.9 Å². The Hall–Kier alpha value is -2.72. The number of carbonyl (C=O) groups excluding carboxylic acids is 7. The number of likely N-dealkylation sites (N-methyl/N-ethyl adjacent to an activating group) is 1. The van der Waals surface area contributed by atoms with E-state index in [9.17, 15) is 38.7 Å². The first kappa shape index (κ1) is 40.4. The van der Waals surface area contributed by atoms with Gasteiger partial charge in [-0.25, -0.2) is 4.79 Å². The van der Waals surface area contributed by atoms with Crippen LogP contribution in [-0.2, 0) is 38.3 Å². The second-order valence-electron chi connectivity index (χ2n) is 10.4. The van der Waals surface area contributed by atoms with Crippen molar-refractivity contribution in [2.75, 3.05) is 27.2 Å². The van der Waals surface area contributed by atoms with Crippen LogP contribution in [-0.4, -0.2) is 103 Å². The van der Waals surface area contributed by atoms with E-state index >= 15 is 0 Å². The second-order valence-corrected chi connectivity index (χ2v) is 10.4. The number of aliphatic carboxylic acids is 1. The molecule has 0 aromatic heterocycles. The van der Waals surface area contributed by atoms with Gasteiger partial charge in [-0.15, -0.1) is 0 Å². The van der Waals surface area contributed by atoms with Crippen LogP contribution >= 0.6 is 0 Å². The normalized spacial score (nSPS) is 13.0. The molecular weight excluding hydrogens is 551 g/mol. The van der Waals surface area contributed by atoms with Crippen LogP contribution in [0, 0.1) is 5.41 Å². The molecule has 6 N–H and O–H groups in total. The van der Waals surface area contributed by atoms with Gasteiger partial charge in [0.15, 0.2) is 5.78 Å². The number of nitrogens with zero attached hydrogens (tertiary/aromatic N) is 1. The molecule has 0 radical (unpaired) electrons. The Morgan fingerprint density at radius 3 is 1.90 bits per heavy atom. The molecule has 226 valence electrons. The smallest absolute Gasteiger partial charge is 0.548 e. The quantitative estimate of drug-likeness (QED) is 0.0537. The van der Waals surface area contributed by atoms with Crippen molar-refractivity contribution in [3.05, 3.63) is 0 Å². The number of carboxylic acid groups (broad SMARTS) is 1. The third kappa shape index (κ3) is 19.1. The van der Waals surface area contributed by atoms with Crippen LogP contribution in [0.3, 0.4) is 0 Å². The zero-order valence-electron chi connectivity index (χ0n) is 24.7. The number of carboxylic acids is 1. The number of ketones is 2. The zero-order chi connectivity index (χ0) is 31.0. The molecule has 0 rings (SSSR count). The average Bonchev–Trinajstić information content (AvgIpc) is 2.84. The molecule has 3 unspecified atom stereocenters. The molecule has 0 heterocycles. The molecule has 3 atom stereocenters. The van der Waals surface area contributed by atoms with Crippen molar-refractivity contribution in [3.8, 4) is 0 Å². The SMILES string of the molecule is CN(C)CC(=O)NC(CCC(=O)NC(CCC(=O)CN)C(=O)NC(CCC(=O)C=N)C(=O)[O-])C(=O)OC(C)(C)C.[Na+]. The standard InChI is InChI=1S/C25H42N6O9.Na/c1-25(2,3)40-24(39)19(29-21(35)14-31(4)5)10-11-20(34)28-17(8-6-15(32)12-26)22(36)30-18(23(37)38)9-7-16(33)13-27;/h13,17-19,27H,6-12,14,26H2,1-5H3,(H,28,34)(H,29,35)(H,30,36)(H,37,38);/q;+1/p-1. The summed E-state index contributed by atoms with van der Waals surface area (Å²) in [5, 5.41) is 25.5. The third-order valence-electron chi connectivity index (χ3n) is 5.18. The van der Waals surface area contributed by atoms with Crippen LogP contribution in [0.4, 0.5) is 0 Å². The Kier molecular flexibility index (Phi) is 19.9. The number of hydrogen-bond donors (Lipinski definition) is 5. The van der Waals surface area contributed by atoms with Gasteiger partial charge in [0.25, 0.3) is 0 Å². The predicted molar refractivity (Wildman–Crippen MR) is 141 cm³/mol. The number of amides is 3. The first-order chi connectivity index (χ1) is 18.5. The molecule has 41 heavy (non-hydrogen) atoms. The fourth-order valence-electron chi connectivity index (χ4n) is 3.25. The summed E-state index contributed by atoms with van der Waals surface area (Å²) in [7, 11) is 3.32. The van der Waals surface area contributed by atoms with E-state index in [2.05, 4.69) is 16.0 Å². The molecule has 15 nitrogen and oxygen atoms in total. The van der Waals surface area contributed by atoms with E-state index in [1.807, 2.05) is 0 Å². The Bertz CT molecular complexity index is 952. The monoisotopic (exact) mass is 592 g/mol. The Morgan fingerprint density at radius 2 is 1.41 bits per heavy atom. The van der Waals surface area contributed by atoms with Crippen molar-refractivity contribution < 1.29 is 73.0 Å². The molecule has 0 fully saturated rings. The maximum atomic E-state index is 12.8. The molecule has 0 spiro atoms. The van der Waals surface area contributed by atoms with E-state index in [0.717, 1.165) is 0 Å². The number of hydrogen-bond acceptors (Lipinski definition) is 12. The van der Waals surface area contributed by atoms with E-state index in [1.165, 1.54) is 0 Å². The number of Topliss-reactive ketones (excluding diaryl/α,β-unsaturated/α-hetero) is 2. The summed E-state index contributed by atoms with van der Waals surface area (Å²) >= 11 is 0. The Labute approximate surface area is 261 Å². The summed E-state index contributed by atoms with van der Waals surface area (Å²) in [6.07, 6.45) is -1.09. The number of esters is 1. The molecule has 0 aromatic carbocycles. The van der Waals surface area contributed by atoms with Gasteiger partial charge in [-0.3, -0.25) is 24.0 Å². The second kappa shape index (κ2) is 20.2. The van der Waals surface area contributed by atoms with E-state index in [1.54, 1.807) is 39.8 Å². The van der Waals surface area contributed by atoms with E-state index in [4.69, 9.17) is 15.9 Å². The van der Waals surface area contributed by atoms with Crippen molar-refractivity contribution in [2.45, 2.75) is 83.0 Å².